The third-order valence-corrected chi connectivity index (χ3v) is 3.57. The van der Waals surface area contributed by atoms with Crippen molar-refractivity contribution in [1.29, 1.82) is 0 Å². The largest absolute Gasteiger partial charge is 0.444 e. The van der Waals surface area contributed by atoms with Gasteiger partial charge in [-0.15, -0.1) is 6.42 Å². The standard InChI is InChI=1S/C18H24N2O2/c1-6-12(2)19-16-10-7-13-11-14(8-9-15(13)16)20-17(21)22-18(3,4)5/h1,8-9,11-12,16,19H,7,10H2,2-5H3,(H,20,21). The second kappa shape index (κ2) is 6.41. The minimum atomic E-state index is -0.499. The number of aryl methyl sites for hydroxylation is 1. The second-order valence-electron chi connectivity index (χ2n) is 6.69. The quantitative estimate of drug-likeness (QED) is 0.838. The lowest BCUT2D eigenvalue weighted by atomic mass is 10.1. The minimum Gasteiger partial charge on any atom is -0.444 e. The zero-order valence-corrected chi connectivity index (χ0v) is 13.7. The normalized spacial score (nSPS) is 18.2. The summed E-state index contributed by atoms with van der Waals surface area (Å²) in [5.74, 6) is 2.70. The molecule has 4 nitrogen and oxygen atoms in total. The summed E-state index contributed by atoms with van der Waals surface area (Å²) >= 11 is 0. The Bertz CT molecular complexity index is 596. The maximum atomic E-state index is 11.8. The Balaban J connectivity index is 2.04. The SMILES string of the molecule is C#CC(C)NC1CCc2cc(NC(=O)OC(C)(C)C)ccc21. The minimum absolute atomic E-state index is 0.0514. The van der Waals surface area contributed by atoms with Gasteiger partial charge in [0.1, 0.15) is 5.60 Å². The molecule has 0 aromatic heterocycles. The Hall–Kier alpha value is -1.99. The third kappa shape index (κ3) is 4.25. The molecule has 0 saturated carbocycles. The highest BCUT2D eigenvalue weighted by Gasteiger charge is 2.24. The van der Waals surface area contributed by atoms with Gasteiger partial charge in [0.15, 0.2) is 0 Å². The average molecular weight is 300 g/mol. The van der Waals surface area contributed by atoms with Gasteiger partial charge in [-0.05, 0) is 63.8 Å². The summed E-state index contributed by atoms with van der Waals surface area (Å²) in [5, 5.41) is 6.21. The number of nitrogens with one attached hydrogen (secondary N) is 2. The predicted molar refractivity (Wildman–Crippen MR) is 88.8 cm³/mol. The highest BCUT2D eigenvalue weighted by Crippen LogP contribution is 2.33. The molecule has 4 heteroatoms. The van der Waals surface area contributed by atoms with Gasteiger partial charge in [0.05, 0.1) is 6.04 Å². The van der Waals surface area contributed by atoms with Crippen LogP contribution in [0.2, 0.25) is 0 Å². The van der Waals surface area contributed by atoms with E-state index in [1.165, 1.54) is 11.1 Å². The Morgan fingerprint density at radius 2 is 2.18 bits per heavy atom. The van der Waals surface area contributed by atoms with Gasteiger partial charge in [-0.25, -0.2) is 4.79 Å². The molecule has 0 saturated heterocycles. The topological polar surface area (TPSA) is 50.4 Å². The Labute approximate surface area is 132 Å². The highest BCUT2D eigenvalue weighted by atomic mass is 16.6. The molecule has 0 heterocycles. The number of benzene rings is 1. The van der Waals surface area contributed by atoms with Crippen molar-refractivity contribution in [3.05, 3.63) is 29.3 Å². The third-order valence-electron chi connectivity index (χ3n) is 3.57. The number of hydrogen-bond donors (Lipinski definition) is 2. The van der Waals surface area contributed by atoms with E-state index in [1.54, 1.807) is 0 Å². The van der Waals surface area contributed by atoms with Crippen LogP contribution in [0.4, 0.5) is 10.5 Å². The number of carbonyl (C=O) groups excluding carboxylic acids is 1. The van der Waals surface area contributed by atoms with E-state index in [1.807, 2.05) is 39.8 Å². The van der Waals surface area contributed by atoms with E-state index in [0.717, 1.165) is 18.5 Å². The van der Waals surface area contributed by atoms with Gasteiger partial charge in [-0.2, -0.15) is 0 Å². The smallest absolute Gasteiger partial charge is 0.412 e. The molecule has 2 atom stereocenters. The summed E-state index contributed by atoms with van der Waals surface area (Å²) in [6.07, 6.45) is 7.00. The monoisotopic (exact) mass is 300 g/mol. The number of anilines is 1. The molecule has 1 aromatic carbocycles. The molecule has 22 heavy (non-hydrogen) atoms. The van der Waals surface area contributed by atoms with Crippen molar-refractivity contribution < 1.29 is 9.53 Å². The first-order chi connectivity index (χ1) is 10.3. The molecule has 0 spiro atoms. The zero-order valence-electron chi connectivity index (χ0n) is 13.7. The molecule has 2 rings (SSSR count). The van der Waals surface area contributed by atoms with Gasteiger partial charge < -0.3 is 4.74 Å². The molecular weight excluding hydrogens is 276 g/mol. The molecule has 0 radical (unpaired) electrons. The molecule has 1 aliphatic carbocycles. The van der Waals surface area contributed by atoms with Crippen LogP contribution in [0, 0.1) is 12.3 Å². The molecule has 0 aliphatic heterocycles. The van der Waals surface area contributed by atoms with Gasteiger partial charge >= 0.3 is 6.09 Å². The van der Waals surface area contributed by atoms with Crippen LogP contribution in [0.25, 0.3) is 0 Å². The molecule has 2 unspecified atom stereocenters. The average Bonchev–Trinajstić information content (AvgIpc) is 2.78. The van der Waals surface area contributed by atoms with Gasteiger partial charge in [0.2, 0.25) is 0 Å². The van der Waals surface area contributed by atoms with E-state index in [2.05, 4.69) is 22.6 Å². The summed E-state index contributed by atoms with van der Waals surface area (Å²) in [5.41, 5.74) is 2.77. The van der Waals surface area contributed by atoms with Crippen LogP contribution in [0.5, 0.6) is 0 Å². The molecule has 1 aromatic rings. The Morgan fingerprint density at radius 3 is 2.82 bits per heavy atom. The maximum absolute atomic E-state index is 11.8. The first kappa shape index (κ1) is 16.4. The van der Waals surface area contributed by atoms with Gasteiger partial charge in [0.25, 0.3) is 0 Å². The van der Waals surface area contributed by atoms with Crippen LogP contribution in [0.15, 0.2) is 18.2 Å². The molecule has 118 valence electrons. The molecule has 2 N–H and O–H groups in total. The lowest BCUT2D eigenvalue weighted by molar-refractivity contribution is 0.0636. The molecule has 0 fully saturated rings. The second-order valence-corrected chi connectivity index (χ2v) is 6.69. The van der Waals surface area contributed by atoms with E-state index < -0.39 is 11.7 Å². The van der Waals surface area contributed by atoms with E-state index in [4.69, 9.17) is 11.2 Å². The summed E-state index contributed by atoms with van der Waals surface area (Å²) in [7, 11) is 0. The van der Waals surface area contributed by atoms with Crippen molar-refractivity contribution in [3.63, 3.8) is 0 Å². The van der Waals surface area contributed by atoms with Crippen molar-refractivity contribution in [1.82, 2.24) is 5.32 Å². The number of carbonyl (C=O) groups is 1. The number of ether oxygens (including phenoxy) is 1. The number of terminal acetylenes is 1. The number of fused-ring (bicyclic) bond motifs is 1. The lowest BCUT2D eigenvalue weighted by Gasteiger charge is -2.20. The van der Waals surface area contributed by atoms with Crippen LogP contribution >= 0.6 is 0 Å². The van der Waals surface area contributed by atoms with Crippen molar-refractivity contribution in [3.8, 4) is 12.3 Å². The van der Waals surface area contributed by atoms with Gasteiger partial charge in [-0.3, -0.25) is 10.6 Å². The summed E-state index contributed by atoms with van der Waals surface area (Å²) in [6, 6.07) is 6.31. The predicted octanol–water partition coefficient (Wildman–Crippen LogP) is 3.63. The first-order valence-electron chi connectivity index (χ1n) is 7.63. The zero-order chi connectivity index (χ0) is 16.3. The van der Waals surface area contributed by atoms with E-state index in [0.29, 0.717) is 0 Å². The fraction of sp³-hybridized carbons (Fsp3) is 0.500. The van der Waals surface area contributed by atoms with Crippen LogP contribution < -0.4 is 10.6 Å². The number of hydrogen-bond acceptors (Lipinski definition) is 3. The molecule has 1 aliphatic rings. The summed E-state index contributed by atoms with van der Waals surface area (Å²) < 4.78 is 5.26. The first-order valence-corrected chi connectivity index (χ1v) is 7.63. The van der Waals surface area contributed by atoms with Crippen molar-refractivity contribution in [2.24, 2.45) is 0 Å². The van der Waals surface area contributed by atoms with Crippen molar-refractivity contribution >= 4 is 11.8 Å². The van der Waals surface area contributed by atoms with Crippen LogP contribution in [0.1, 0.15) is 51.3 Å². The summed E-state index contributed by atoms with van der Waals surface area (Å²) in [6.45, 7) is 7.52. The van der Waals surface area contributed by atoms with Gasteiger partial charge in [0, 0.05) is 11.7 Å². The van der Waals surface area contributed by atoms with Crippen LogP contribution in [-0.2, 0) is 11.2 Å². The number of rotatable bonds is 3. The molecular formula is C18H24N2O2. The lowest BCUT2D eigenvalue weighted by Crippen LogP contribution is -2.28. The maximum Gasteiger partial charge on any atom is 0.412 e. The van der Waals surface area contributed by atoms with Gasteiger partial charge in [-0.1, -0.05) is 12.0 Å². The fourth-order valence-electron chi connectivity index (χ4n) is 2.64. The molecule has 1 amide bonds. The van der Waals surface area contributed by atoms with Crippen LogP contribution in [0.3, 0.4) is 0 Å². The van der Waals surface area contributed by atoms with Crippen LogP contribution in [-0.4, -0.2) is 17.7 Å². The summed E-state index contributed by atoms with van der Waals surface area (Å²) in [4.78, 5) is 11.8. The van der Waals surface area contributed by atoms with Crippen molar-refractivity contribution in [2.75, 3.05) is 5.32 Å². The highest BCUT2D eigenvalue weighted by molar-refractivity contribution is 5.85. The Morgan fingerprint density at radius 1 is 1.45 bits per heavy atom. The van der Waals surface area contributed by atoms with E-state index in [-0.39, 0.29) is 12.1 Å². The van der Waals surface area contributed by atoms with E-state index in [9.17, 15) is 4.79 Å². The Kier molecular flexibility index (Phi) is 4.77. The van der Waals surface area contributed by atoms with E-state index >= 15 is 0 Å². The number of amides is 1. The molecule has 0 bridgehead atoms. The fourth-order valence-corrected chi connectivity index (χ4v) is 2.64. The van der Waals surface area contributed by atoms with Crippen molar-refractivity contribution in [2.45, 2.75) is 58.2 Å².